The van der Waals surface area contributed by atoms with Crippen LogP contribution in [0.4, 0.5) is 16.2 Å². The first-order valence-electron chi connectivity index (χ1n) is 9.02. The summed E-state index contributed by atoms with van der Waals surface area (Å²) in [6, 6.07) is 13.7. The number of Topliss-reactive ketones (excluding diaryl/α,β-unsaturated/α-hetero) is 1. The van der Waals surface area contributed by atoms with Gasteiger partial charge in [-0.3, -0.25) is 9.59 Å². The molecule has 0 spiro atoms. The van der Waals surface area contributed by atoms with E-state index in [2.05, 4.69) is 16.0 Å². The number of hydrogen-bond donors (Lipinski definition) is 3. The number of esters is 1. The van der Waals surface area contributed by atoms with Crippen molar-refractivity contribution in [3.63, 3.8) is 0 Å². The highest BCUT2D eigenvalue weighted by Gasteiger charge is 2.24. The molecule has 29 heavy (non-hydrogen) atoms. The molecule has 0 aliphatic rings. The molecule has 0 radical (unpaired) electrons. The number of nitrogens with one attached hydrogen (secondary N) is 3. The summed E-state index contributed by atoms with van der Waals surface area (Å²) in [5.74, 6) is -1.56. The molecule has 0 aliphatic carbocycles. The molecule has 2 aromatic carbocycles. The van der Waals surface area contributed by atoms with Crippen molar-refractivity contribution in [2.24, 2.45) is 0 Å². The normalized spacial score (nSPS) is 12.2. The second-order valence-corrected chi connectivity index (χ2v) is 6.36. The lowest BCUT2D eigenvalue weighted by Gasteiger charge is -2.18. The van der Waals surface area contributed by atoms with Crippen LogP contribution in [0.5, 0.6) is 0 Å². The van der Waals surface area contributed by atoms with Crippen LogP contribution in [0.15, 0.2) is 54.6 Å². The summed E-state index contributed by atoms with van der Waals surface area (Å²) in [5.41, 5.74) is 1.26. The standard InChI is InChI=1S/C21H23N3O5/c1-13(22-21(28)23-16-9-5-4-6-10-16)20(27)29-15(3)19(26)24-18-12-8-7-11-17(18)14(2)25/h4-13,15H,1-3H3,(H,24,26)(H2,22,23,28)/t13-,15-/m0/s1. The van der Waals surface area contributed by atoms with Crippen LogP contribution in [0.1, 0.15) is 31.1 Å². The third-order valence-corrected chi connectivity index (χ3v) is 3.96. The van der Waals surface area contributed by atoms with Gasteiger partial charge in [0.2, 0.25) is 0 Å². The van der Waals surface area contributed by atoms with Crippen molar-refractivity contribution in [2.75, 3.05) is 10.6 Å². The number of rotatable bonds is 7. The summed E-state index contributed by atoms with van der Waals surface area (Å²) < 4.78 is 5.12. The molecule has 2 atom stereocenters. The number of carbonyl (C=O) groups excluding carboxylic acids is 4. The van der Waals surface area contributed by atoms with Crippen molar-refractivity contribution < 1.29 is 23.9 Å². The van der Waals surface area contributed by atoms with E-state index in [0.29, 0.717) is 16.9 Å². The maximum atomic E-state index is 12.3. The fraction of sp³-hybridized carbons (Fsp3) is 0.238. The van der Waals surface area contributed by atoms with Crippen molar-refractivity contribution in [3.05, 3.63) is 60.2 Å². The Morgan fingerprint density at radius 3 is 2.14 bits per heavy atom. The van der Waals surface area contributed by atoms with E-state index in [0.717, 1.165) is 0 Å². The quantitative estimate of drug-likeness (QED) is 0.491. The van der Waals surface area contributed by atoms with Crippen LogP contribution in [0.2, 0.25) is 0 Å². The van der Waals surface area contributed by atoms with Crippen molar-refractivity contribution in [3.8, 4) is 0 Å². The Kier molecular flexibility index (Phi) is 7.47. The minimum Gasteiger partial charge on any atom is -0.451 e. The second kappa shape index (κ2) is 10.0. The van der Waals surface area contributed by atoms with Gasteiger partial charge in [-0.1, -0.05) is 30.3 Å². The predicted molar refractivity (Wildman–Crippen MR) is 109 cm³/mol. The first-order chi connectivity index (χ1) is 13.8. The van der Waals surface area contributed by atoms with Gasteiger partial charge in [-0.15, -0.1) is 0 Å². The number of anilines is 2. The van der Waals surface area contributed by atoms with Crippen LogP contribution in [-0.2, 0) is 14.3 Å². The molecule has 0 saturated carbocycles. The minimum atomic E-state index is -1.12. The Morgan fingerprint density at radius 1 is 0.862 bits per heavy atom. The number of benzene rings is 2. The lowest BCUT2D eigenvalue weighted by atomic mass is 10.1. The van der Waals surface area contributed by atoms with Crippen LogP contribution in [0.3, 0.4) is 0 Å². The average molecular weight is 397 g/mol. The molecule has 8 nitrogen and oxygen atoms in total. The fourth-order valence-electron chi connectivity index (χ4n) is 2.41. The Balaban J connectivity index is 1.88. The summed E-state index contributed by atoms with van der Waals surface area (Å²) in [4.78, 5) is 48.1. The number of urea groups is 1. The smallest absolute Gasteiger partial charge is 0.329 e. The van der Waals surface area contributed by atoms with Crippen molar-refractivity contribution in [2.45, 2.75) is 32.9 Å². The molecule has 0 fully saturated rings. The summed E-state index contributed by atoms with van der Waals surface area (Å²) in [6.07, 6.45) is -1.12. The number of para-hydroxylation sites is 2. The maximum absolute atomic E-state index is 12.3. The molecular formula is C21H23N3O5. The molecule has 3 amide bonds. The second-order valence-electron chi connectivity index (χ2n) is 6.36. The van der Waals surface area contributed by atoms with Crippen molar-refractivity contribution >= 4 is 35.1 Å². The molecular weight excluding hydrogens is 374 g/mol. The Hall–Kier alpha value is -3.68. The van der Waals surface area contributed by atoms with E-state index in [9.17, 15) is 19.2 Å². The Bertz CT molecular complexity index is 898. The van der Waals surface area contributed by atoms with Gasteiger partial charge < -0.3 is 20.7 Å². The minimum absolute atomic E-state index is 0.201. The summed E-state index contributed by atoms with van der Waals surface area (Å²) in [5, 5.41) is 7.60. The fourth-order valence-corrected chi connectivity index (χ4v) is 2.41. The van der Waals surface area contributed by atoms with Gasteiger partial charge in [0.05, 0.1) is 5.69 Å². The van der Waals surface area contributed by atoms with E-state index in [1.807, 2.05) is 6.07 Å². The topological polar surface area (TPSA) is 114 Å². The van der Waals surface area contributed by atoms with Gasteiger partial charge in [-0.25, -0.2) is 9.59 Å². The molecule has 2 rings (SSSR count). The van der Waals surface area contributed by atoms with E-state index in [1.165, 1.54) is 20.8 Å². The van der Waals surface area contributed by atoms with Crippen LogP contribution in [-0.4, -0.2) is 35.8 Å². The van der Waals surface area contributed by atoms with E-state index in [1.54, 1.807) is 48.5 Å². The third-order valence-electron chi connectivity index (χ3n) is 3.96. The molecule has 8 heteroatoms. The number of ether oxygens (including phenoxy) is 1. The van der Waals surface area contributed by atoms with Crippen LogP contribution < -0.4 is 16.0 Å². The molecule has 2 aromatic rings. The summed E-state index contributed by atoms with van der Waals surface area (Å²) in [7, 11) is 0. The Morgan fingerprint density at radius 2 is 1.48 bits per heavy atom. The molecule has 0 unspecified atom stereocenters. The highest BCUT2D eigenvalue weighted by molar-refractivity contribution is 6.04. The van der Waals surface area contributed by atoms with Gasteiger partial charge >= 0.3 is 12.0 Å². The number of ketones is 1. The lowest BCUT2D eigenvalue weighted by molar-refractivity contribution is -0.154. The summed E-state index contributed by atoms with van der Waals surface area (Å²) >= 11 is 0. The summed E-state index contributed by atoms with van der Waals surface area (Å²) in [6.45, 7) is 4.24. The highest BCUT2D eigenvalue weighted by Crippen LogP contribution is 2.16. The van der Waals surface area contributed by atoms with Gasteiger partial charge in [-0.2, -0.15) is 0 Å². The zero-order valence-corrected chi connectivity index (χ0v) is 16.4. The average Bonchev–Trinajstić information content (AvgIpc) is 2.68. The molecule has 0 saturated heterocycles. The molecule has 0 aromatic heterocycles. The highest BCUT2D eigenvalue weighted by atomic mass is 16.5. The van der Waals surface area contributed by atoms with Gasteiger partial charge in [0.1, 0.15) is 6.04 Å². The van der Waals surface area contributed by atoms with Gasteiger partial charge in [0.25, 0.3) is 5.91 Å². The largest absolute Gasteiger partial charge is 0.451 e. The monoisotopic (exact) mass is 397 g/mol. The van der Waals surface area contributed by atoms with E-state index >= 15 is 0 Å². The van der Waals surface area contributed by atoms with Gasteiger partial charge in [0.15, 0.2) is 11.9 Å². The van der Waals surface area contributed by atoms with Crippen molar-refractivity contribution in [1.29, 1.82) is 0 Å². The molecule has 0 heterocycles. The lowest BCUT2D eigenvalue weighted by Crippen LogP contribution is -2.44. The number of carbonyl (C=O) groups is 4. The first kappa shape index (κ1) is 21.6. The van der Waals surface area contributed by atoms with Gasteiger partial charge in [-0.05, 0) is 45.0 Å². The van der Waals surface area contributed by atoms with Crippen molar-refractivity contribution in [1.82, 2.24) is 5.32 Å². The molecule has 152 valence electrons. The van der Waals surface area contributed by atoms with E-state index in [4.69, 9.17) is 4.74 Å². The molecule has 0 bridgehead atoms. The third kappa shape index (κ3) is 6.46. The van der Waals surface area contributed by atoms with E-state index < -0.39 is 30.1 Å². The first-order valence-corrected chi connectivity index (χ1v) is 9.02. The van der Waals surface area contributed by atoms with Crippen LogP contribution in [0.25, 0.3) is 0 Å². The Labute approximate surface area is 168 Å². The number of amides is 3. The van der Waals surface area contributed by atoms with Crippen LogP contribution in [0, 0.1) is 0 Å². The maximum Gasteiger partial charge on any atom is 0.329 e. The zero-order valence-electron chi connectivity index (χ0n) is 16.4. The van der Waals surface area contributed by atoms with Gasteiger partial charge in [0, 0.05) is 11.3 Å². The molecule has 0 aliphatic heterocycles. The van der Waals surface area contributed by atoms with Crippen LogP contribution >= 0.6 is 0 Å². The molecule has 3 N–H and O–H groups in total. The zero-order chi connectivity index (χ0) is 21.4. The predicted octanol–water partition coefficient (Wildman–Crippen LogP) is 2.97. The van der Waals surface area contributed by atoms with E-state index in [-0.39, 0.29) is 5.78 Å². The number of hydrogen-bond acceptors (Lipinski definition) is 5. The SMILES string of the molecule is CC(=O)c1ccccc1NC(=O)[C@H](C)OC(=O)[C@H](C)NC(=O)Nc1ccccc1.